The molecule has 0 aliphatic heterocycles. The van der Waals surface area contributed by atoms with Crippen molar-refractivity contribution in [3.63, 3.8) is 0 Å². The summed E-state index contributed by atoms with van der Waals surface area (Å²) in [5.74, 6) is -2.35. The van der Waals surface area contributed by atoms with E-state index in [-0.39, 0.29) is 60.3 Å². The van der Waals surface area contributed by atoms with Crippen LogP contribution in [0.15, 0.2) is 30.3 Å². The Labute approximate surface area is 261 Å². The van der Waals surface area contributed by atoms with Crippen molar-refractivity contribution in [2.75, 3.05) is 27.4 Å². The molecule has 2 aromatic heterocycles. The Hall–Kier alpha value is -4.03. The van der Waals surface area contributed by atoms with Gasteiger partial charge in [0.1, 0.15) is 5.78 Å². The number of rotatable bonds is 16. The number of carbonyl (C=O) groups is 4. The van der Waals surface area contributed by atoms with E-state index in [2.05, 4.69) is 0 Å². The lowest BCUT2D eigenvalue weighted by Crippen LogP contribution is -2.13. The van der Waals surface area contributed by atoms with Gasteiger partial charge in [-0.3, -0.25) is 19.2 Å². The molecule has 2 aromatic carbocycles. The summed E-state index contributed by atoms with van der Waals surface area (Å²) in [7, 11) is 2.91. The second-order valence-corrected chi connectivity index (χ2v) is 12.6. The third kappa shape index (κ3) is 7.36. The first-order valence-electron chi connectivity index (χ1n) is 13.9. The fourth-order valence-corrected chi connectivity index (χ4v) is 6.44. The van der Waals surface area contributed by atoms with Crippen LogP contribution in [0.25, 0.3) is 20.2 Å². The van der Waals surface area contributed by atoms with Crippen LogP contribution in [0, 0.1) is 17.7 Å². The molecular weight excluding hydrogens is 611 g/mol. The fraction of sp³-hybridized carbons (Fsp3) is 0.375. The van der Waals surface area contributed by atoms with Gasteiger partial charge in [0.2, 0.25) is 0 Å². The van der Waals surface area contributed by atoms with Crippen LogP contribution in [0.3, 0.4) is 0 Å². The second-order valence-electron chi connectivity index (χ2n) is 10.5. The highest BCUT2D eigenvalue weighted by Gasteiger charge is 2.23. The van der Waals surface area contributed by atoms with Crippen molar-refractivity contribution in [3.05, 3.63) is 45.9 Å². The highest BCUT2D eigenvalue weighted by atomic mass is 32.1. The molecule has 0 saturated carbocycles. The molecule has 9 nitrogen and oxygen atoms in total. The van der Waals surface area contributed by atoms with E-state index < -0.39 is 23.6 Å². The lowest BCUT2D eigenvalue weighted by Gasteiger charge is -2.13. The standard InChI is InChI=1S/C32H33FO9S2/c1-16(18(3)34)9-21(35)29-13-20-27(44-29)15-25(40-5)31(30(20)33)42-8-6-7-41-24-11-19-12-28(22(36)10-17(2)32(37)38)43-26(19)14-23(24)39-4/h11-17H,6-10H2,1-5H3,(H,37,38)/t16-,17-/m0/s1. The van der Waals surface area contributed by atoms with Crippen molar-refractivity contribution in [3.8, 4) is 23.0 Å². The molecule has 44 heavy (non-hydrogen) atoms. The predicted molar refractivity (Wildman–Crippen MR) is 167 cm³/mol. The average molecular weight is 645 g/mol. The Bertz CT molecular complexity index is 1720. The van der Waals surface area contributed by atoms with Crippen molar-refractivity contribution in [1.82, 2.24) is 0 Å². The third-order valence-corrected chi connectivity index (χ3v) is 9.41. The summed E-state index contributed by atoms with van der Waals surface area (Å²) in [6.07, 6.45) is 0.353. The van der Waals surface area contributed by atoms with Crippen molar-refractivity contribution in [1.29, 1.82) is 0 Å². The zero-order valence-corrected chi connectivity index (χ0v) is 26.6. The normalized spacial score (nSPS) is 12.6. The van der Waals surface area contributed by atoms with Gasteiger partial charge in [-0.2, -0.15) is 0 Å². The zero-order valence-electron chi connectivity index (χ0n) is 25.0. The molecule has 1 N–H and O–H groups in total. The van der Waals surface area contributed by atoms with E-state index in [1.807, 2.05) is 0 Å². The minimum atomic E-state index is -1.02. The number of carboxylic acids is 1. The number of aliphatic carboxylic acids is 1. The van der Waals surface area contributed by atoms with Crippen molar-refractivity contribution in [2.45, 2.75) is 40.0 Å². The van der Waals surface area contributed by atoms with Crippen LogP contribution in [0.2, 0.25) is 0 Å². The lowest BCUT2D eigenvalue weighted by atomic mass is 10.00. The Morgan fingerprint density at radius 3 is 2.02 bits per heavy atom. The van der Waals surface area contributed by atoms with Gasteiger partial charge < -0.3 is 24.1 Å². The molecule has 0 aliphatic rings. The van der Waals surface area contributed by atoms with Gasteiger partial charge in [0, 0.05) is 52.1 Å². The minimum absolute atomic E-state index is 0.0553. The van der Waals surface area contributed by atoms with Gasteiger partial charge in [0.25, 0.3) is 0 Å². The first kappa shape index (κ1) is 32.9. The predicted octanol–water partition coefficient (Wildman–Crippen LogP) is 7.21. The number of ether oxygens (including phenoxy) is 4. The molecule has 0 spiro atoms. The van der Waals surface area contributed by atoms with Gasteiger partial charge in [-0.15, -0.1) is 22.7 Å². The molecule has 2 atom stereocenters. The van der Waals surface area contributed by atoms with Gasteiger partial charge in [-0.25, -0.2) is 4.39 Å². The Balaban J connectivity index is 1.41. The SMILES string of the molecule is COc1cc2sc(C(=O)C[C@H](C)C(=O)O)cc2cc1OCCCOc1c(OC)cc2sc(C(=O)C[C@H](C)C(C)=O)cc2c1F. The number of benzene rings is 2. The lowest BCUT2D eigenvalue weighted by molar-refractivity contribution is -0.141. The van der Waals surface area contributed by atoms with Gasteiger partial charge in [-0.05, 0) is 30.5 Å². The number of methoxy groups -OCH3 is 2. The minimum Gasteiger partial charge on any atom is -0.493 e. The van der Waals surface area contributed by atoms with E-state index in [0.717, 1.165) is 21.4 Å². The van der Waals surface area contributed by atoms with E-state index in [9.17, 15) is 19.2 Å². The quantitative estimate of drug-likeness (QED) is 0.0995. The number of ketones is 3. The van der Waals surface area contributed by atoms with Crippen LogP contribution in [0.5, 0.6) is 23.0 Å². The monoisotopic (exact) mass is 644 g/mol. The Morgan fingerprint density at radius 1 is 0.795 bits per heavy atom. The van der Waals surface area contributed by atoms with Crippen LogP contribution >= 0.6 is 22.7 Å². The van der Waals surface area contributed by atoms with Gasteiger partial charge in [0.15, 0.2) is 40.4 Å². The number of halogens is 1. The first-order valence-corrected chi connectivity index (χ1v) is 15.5. The fourth-order valence-electron chi connectivity index (χ4n) is 4.38. The molecule has 4 aromatic rings. The summed E-state index contributed by atoms with van der Waals surface area (Å²) < 4.78 is 39.4. The van der Waals surface area contributed by atoms with Crippen LogP contribution in [-0.4, -0.2) is 55.9 Å². The first-order chi connectivity index (χ1) is 20.9. The summed E-state index contributed by atoms with van der Waals surface area (Å²) in [6.45, 7) is 4.94. The smallest absolute Gasteiger partial charge is 0.306 e. The molecule has 0 aliphatic carbocycles. The van der Waals surface area contributed by atoms with E-state index in [1.54, 1.807) is 31.2 Å². The molecule has 0 radical (unpaired) electrons. The molecule has 0 amide bonds. The van der Waals surface area contributed by atoms with Crippen LogP contribution in [0.4, 0.5) is 4.39 Å². The molecule has 234 valence electrons. The summed E-state index contributed by atoms with van der Waals surface area (Å²) >= 11 is 2.40. The summed E-state index contributed by atoms with van der Waals surface area (Å²) in [5.41, 5.74) is 0. The highest BCUT2D eigenvalue weighted by molar-refractivity contribution is 7.21. The maximum atomic E-state index is 15.5. The van der Waals surface area contributed by atoms with Crippen molar-refractivity contribution in [2.24, 2.45) is 11.8 Å². The van der Waals surface area contributed by atoms with Crippen LogP contribution in [0.1, 0.15) is 59.4 Å². The number of carbonyl (C=O) groups excluding carboxylic acids is 3. The number of hydrogen-bond acceptors (Lipinski definition) is 10. The summed E-state index contributed by atoms with van der Waals surface area (Å²) in [4.78, 5) is 48.8. The van der Waals surface area contributed by atoms with E-state index in [1.165, 1.54) is 45.5 Å². The molecule has 2 heterocycles. The third-order valence-electron chi connectivity index (χ3n) is 7.15. The Kier molecular flexibility index (Phi) is 10.6. The van der Waals surface area contributed by atoms with Crippen LogP contribution in [-0.2, 0) is 9.59 Å². The van der Waals surface area contributed by atoms with E-state index in [4.69, 9.17) is 24.1 Å². The van der Waals surface area contributed by atoms with Crippen molar-refractivity contribution >= 4 is 66.2 Å². The van der Waals surface area contributed by atoms with Crippen LogP contribution < -0.4 is 18.9 Å². The van der Waals surface area contributed by atoms with Crippen molar-refractivity contribution < 1.29 is 47.6 Å². The number of fused-ring (bicyclic) bond motifs is 2. The molecule has 0 bridgehead atoms. The topological polar surface area (TPSA) is 125 Å². The second kappa shape index (κ2) is 14.2. The van der Waals surface area contributed by atoms with E-state index >= 15 is 4.39 Å². The maximum Gasteiger partial charge on any atom is 0.306 e. The largest absolute Gasteiger partial charge is 0.493 e. The maximum absolute atomic E-state index is 15.5. The molecule has 0 saturated heterocycles. The summed E-state index contributed by atoms with van der Waals surface area (Å²) in [6, 6.07) is 8.34. The van der Waals surface area contributed by atoms with Gasteiger partial charge >= 0.3 is 5.97 Å². The van der Waals surface area contributed by atoms with E-state index in [0.29, 0.717) is 32.4 Å². The molecular formula is C32H33FO9S2. The zero-order chi connectivity index (χ0) is 32.1. The molecule has 0 fully saturated rings. The Morgan fingerprint density at radius 2 is 1.39 bits per heavy atom. The number of thiophene rings is 2. The number of hydrogen-bond donors (Lipinski definition) is 1. The average Bonchev–Trinajstić information content (AvgIpc) is 3.61. The highest BCUT2D eigenvalue weighted by Crippen LogP contribution is 2.41. The number of Topliss-reactive ketones (excluding diaryl/α,β-unsaturated/α-hetero) is 3. The molecule has 0 unspecified atom stereocenters. The van der Waals surface area contributed by atoms with Gasteiger partial charge in [0.05, 0.1) is 43.1 Å². The molecule has 12 heteroatoms. The molecule has 4 rings (SSSR count). The summed E-state index contributed by atoms with van der Waals surface area (Å²) in [5, 5.41) is 10.1. The number of carboxylic acid groups (broad SMARTS) is 1. The van der Waals surface area contributed by atoms with Gasteiger partial charge in [-0.1, -0.05) is 13.8 Å².